The van der Waals surface area contributed by atoms with E-state index in [4.69, 9.17) is 0 Å². The summed E-state index contributed by atoms with van der Waals surface area (Å²) in [7, 11) is 0. The van der Waals surface area contributed by atoms with Gasteiger partial charge in [0.15, 0.2) is 12.1 Å². The molecule has 0 aromatic heterocycles. The van der Waals surface area contributed by atoms with Crippen LogP contribution >= 0.6 is 22.6 Å². The Morgan fingerprint density at radius 3 is 2.56 bits per heavy atom. The first-order chi connectivity index (χ1) is 7.45. The number of hydrogen-bond acceptors (Lipinski definition) is 3. The third-order valence-electron chi connectivity index (χ3n) is 1.80. The average Bonchev–Trinajstić information content (AvgIpc) is 2.19. The molecule has 0 heterocycles. The zero-order chi connectivity index (χ0) is 12.3. The number of aldehydes is 1. The van der Waals surface area contributed by atoms with Crippen molar-refractivity contribution >= 4 is 34.7 Å². The highest BCUT2D eigenvalue weighted by Crippen LogP contribution is 2.27. The lowest BCUT2D eigenvalue weighted by Gasteiger charge is -2.11. The van der Waals surface area contributed by atoms with Crippen molar-refractivity contribution in [2.24, 2.45) is 0 Å². The number of Topliss-reactive ketones (excluding diaryl/α,β-unsaturated/α-hetero) is 1. The van der Waals surface area contributed by atoms with Crippen LogP contribution in [0.3, 0.4) is 0 Å². The first-order valence-electron chi connectivity index (χ1n) is 4.20. The van der Waals surface area contributed by atoms with E-state index >= 15 is 0 Å². The van der Waals surface area contributed by atoms with Gasteiger partial charge in [-0.15, -0.1) is 0 Å². The number of carbonyl (C=O) groups is 2. The second kappa shape index (κ2) is 5.33. The first kappa shape index (κ1) is 13.0. The molecule has 0 amide bonds. The molecule has 0 aliphatic heterocycles. The molecule has 3 nitrogen and oxygen atoms in total. The molecule has 0 unspecified atom stereocenters. The van der Waals surface area contributed by atoms with Crippen LogP contribution in [0.2, 0.25) is 0 Å². The van der Waals surface area contributed by atoms with Gasteiger partial charge in [0.2, 0.25) is 0 Å². The molecule has 0 radical (unpaired) electrons. The van der Waals surface area contributed by atoms with Crippen LogP contribution in [0.5, 0.6) is 5.75 Å². The van der Waals surface area contributed by atoms with Crippen LogP contribution in [0.15, 0.2) is 12.1 Å². The smallest absolute Gasteiger partial charge is 0.387 e. The fourth-order valence-electron chi connectivity index (χ4n) is 1.18. The molecule has 0 aliphatic rings. The maximum atomic E-state index is 12.1. The van der Waals surface area contributed by atoms with Crippen molar-refractivity contribution in [3.05, 3.63) is 26.8 Å². The molecule has 0 atom stereocenters. The Hall–Kier alpha value is -1.05. The van der Waals surface area contributed by atoms with E-state index in [-0.39, 0.29) is 16.9 Å². The molecule has 6 heteroatoms. The highest BCUT2D eigenvalue weighted by molar-refractivity contribution is 14.1. The van der Waals surface area contributed by atoms with Gasteiger partial charge < -0.3 is 4.74 Å². The summed E-state index contributed by atoms with van der Waals surface area (Å²) in [6.45, 7) is -1.85. The Labute approximate surface area is 104 Å². The largest absolute Gasteiger partial charge is 0.433 e. The van der Waals surface area contributed by atoms with E-state index in [0.717, 1.165) is 0 Å². The van der Waals surface area contributed by atoms with E-state index in [0.29, 0.717) is 9.86 Å². The highest BCUT2D eigenvalue weighted by Gasteiger charge is 2.18. The summed E-state index contributed by atoms with van der Waals surface area (Å²) in [4.78, 5) is 21.9. The number of ketones is 1. The molecular weight excluding hydrogens is 333 g/mol. The minimum atomic E-state index is -3.07. The van der Waals surface area contributed by atoms with Gasteiger partial charge in [-0.3, -0.25) is 9.59 Å². The van der Waals surface area contributed by atoms with E-state index in [1.807, 2.05) is 22.6 Å². The maximum Gasteiger partial charge on any atom is 0.387 e. The molecule has 1 aromatic rings. The molecule has 0 bridgehead atoms. The summed E-state index contributed by atoms with van der Waals surface area (Å²) < 4.78 is 29.1. The van der Waals surface area contributed by atoms with Crippen molar-refractivity contribution in [3.63, 3.8) is 0 Å². The lowest BCUT2D eigenvalue weighted by Crippen LogP contribution is -2.09. The number of ether oxygens (including phenoxy) is 1. The van der Waals surface area contributed by atoms with Gasteiger partial charge in [-0.05, 0) is 41.6 Å². The van der Waals surface area contributed by atoms with Gasteiger partial charge in [-0.25, -0.2) is 0 Å². The number of carbonyl (C=O) groups excluding carboxylic acids is 2. The van der Waals surface area contributed by atoms with Gasteiger partial charge >= 0.3 is 6.61 Å². The summed E-state index contributed by atoms with van der Waals surface area (Å²) in [6, 6.07) is 2.77. The SMILES string of the molecule is CC(=O)c1cc(I)cc(C=O)c1OC(F)F. The van der Waals surface area contributed by atoms with Gasteiger partial charge in [-0.2, -0.15) is 8.78 Å². The zero-order valence-electron chi connectivity index (χ0n) is 8.17. The average molecular weight is 340 g/mol. The van der Waals surface area contributed by atoms with E-state index in [9.17, 15) is 18.4 Å². The Morgan fingerprint density at radius 1 is 1.50 bits per heavy atom. The van der Waals surface area contributed by atoms with Crippen molar-refractivity contribution in [2.75, 3.05) is 0 Å². The molecule has 1 aromatic carbocycles. The number of halogens is 3. The molecule has 0 fully saturated rings. The van der Waals surface area contributed by atoms with Crippen LogP contribution in [0.1, 0.15) is 27.6 Å². The van der Waals surface area contributed by atoms with Crippen LogP contribution in [-0.4, -0.2) is 18.7 Å². The fraction of sp³-hybridized carbons (Fsp3) is 0.200. The lowest BCUT2D eigenvalue weighted by atomic mass is 10.1. The Morgan fingerprint density at radius 2 is 2.12 bits per heavy atom. The van der Waals surface area contributed by atoms with Crippen LogP contribution in [-0.2, 0) is 0 Å². The molecule has 16 heavy (non-hydrogen) atoms. The van der Waals surface area contributed by atoms with E-state index in [2.05, 4.69) is 4.74 Å². The van der Waals surface area contributed by atoms with E-state index < -0.39 is 12.4 Å². The van der Waals surface area contributed by atoms with Crippen molar-refractivity contribution < 1.29 is 23.1 Å². The van der Waals surface area contributed by atoms with Crippen LogP contribution in [0.4, 0.5) is 8.78 Å². The van der Waals surface area contributed by atoms with Gasteiger partial charge in [0.25, 0.3) is 0 Å². The third kappa shape index (κ3) is 2.97. The number of rotatable bonds is 4. The Kier molecular flexibility index (Phi) is 4.34. The predicted molar refractivity (Wildman–Crippen MR) is 61.2 cm³/mol. The summed E-state index contributed by atoms with van der Waals surface area (Å²) in [5.74, 6) is -0.796. The Bertz CT molecular complexity index is 432. The molecule has 86 valence electrons. The molecular formula is C10H7F2IO3. The molecule has 0 saturated carbocycles. The second-order valence-electron chi connectivity index (χ2n) is 2.92. The predicted octanol–water partition coefficient (Wildman–Crippen LogP) is 2.91. The number of hydrogen-bond donors (Lipinski definition) is 0. The summed E-state index contributed by atoms with van der Waals surface area (Å²) in [5, 5.41) is 0. The van der Waals surface area contributed by atoms with Gasteiger partial charge in [0.05, 0.1) is 11.1 Å². The summed E-state index contributed by atoms with van der Waals surface area (Å²) in [6.07, 6.45) is 0.381. The van der Waals surface area contributed by atoms with Crippen molar-refractivity contribution in [3.8, 4) is 5.75 Å². The normalized spacial score (nSPS) is 10.3. The van der Waals surface area contributed by atoms with Crippen LogP contribution in [0.25, 0.3) is 0 Å². The topological polar surface area (TPSA) is 43.4 Å². The summed E-state index contributed by atoms with van der Waals surface area (Å²) in [5.41, 5.74) is -0.0771. The monoisotopic (exact) mass is 340 g/mol. The fourth-order valence-corrected chi connectivity index (χ4v) is 1.83. The van der Waals surface area contributed by atoms with E-state index in [1.54, 1.807) is 0 Å². The van der Waals surface area contributed by atoms with Crippen LogP contribution in [0, 0.1) is 3.57 Å². The van der Waals surface area contributed by atoms with Gasteiger partial charge in [0, 0.05) is 3.57 Å². The van der Waals surface area contributed by atoms with Gasteiger partial charge in [-0.1, -0.05) is 0 Å². The van der Waals surface area contributed by atoms with Gasteiger partial charge in [0.1, 0.15) is 5.75 Å². The minimum absolute atomic E-state index is 0.0192. The molecule has 1 rings (SSSR count). The molecule has 0 spiro atoms. The first-order valence-corrected chi connectivity index (χ1v) is 5.28. The van der Waals surface area contributed by atoms with E-state index in [1.165, 1.54) is 19.1 Å². The second-order valence-corrected chi connectivity index (χ2v) is 4.17. The maximum absolute atomic E-state index is 12.1. The third-order valence-corrected chi connectivity index (χ3v) is 2.42. The lowest BCUT2D eigenvalue weighted by molar-refractivity contribution is -0.0503. The van der Waals surface area contributed by atoms with Crippen LogP contribution < -0.4 is 4.74 Å². The quantitative estimate of drug-likeness (QED) is 0.481. The van der Waals surface area contributed by atoms with Crippen molar-refractivity contribution in [1.82, 2.24) is 0 Å². The zero-order valence-corrected chi connectivity index (χ0v) is 10.3. The molecule has 0 aliphatic carbocycles. The molecule has 0 saturated heterocycles. The number of alkyl halides is 2. The standard InChI is InChI=1S/C10H7F2IO3/c1-5(15)8-3-7(13)2-6(4-14)9(8)16-10(11)12/h2-4,10H,1H3. The highest BCUT2D eigenvalue weighted by atomic mass is 127. The van der Waals surface area contributed by atoms with Crippen molar-refractivity contribution in [1.29, 1.82) is 0 Å². The molecule has 0 N–H and O–H groups in total. The van der Waals surface area contributed by atoms with Crippen molar-refractivity contribution in [2.45, 2.75) is 13.5 Å². The Balaban J connectivity index is 3.38. The summed E-state index contributed by atoms with van der Waals surface area (Å²) >= 11 is 1.88. The number of benzene rings is 1. The minimum Gasteiger partial charge on any atom is -0.433 e.